The van der Waals surface area contributed by atoms with Crippen molar-refractivity contribution in [3.63, 3.8) is 0 Å². The number of rotatable bonds is 8. The zero-order chi connectivity index (χ0) is 16.9. The Labute approximate surface area is 146 Å². The first kappa shape index (κ1) is 17.5. The van der Waals surface area contributed by atoms with E-state index in [2.05, 4.69) is 11.4 Å². The van der Waals surface area contributed by atoms with Crippen LogP contribution in [0.4, 0.5) is 0 Å². The summed E-state index contributed by atoms with van der Waals surface area (Å²) in [6.45, 7) is 2.59. The summed E-state index contributed by atoms with van der Waals surface area (Å²) in [5.41, 5.74) is 0. The highest BCUT2D eigenvalue weighted by Crippen LogP contribution is 2.41. The van der Waals surface area contributed by atoms with E-state index in [1.54, 1.807) is 11.3 Å². The molecule has 2 aliphatic rings. The molecule has 0 unspecified atom stereocenters. The largest absolute Gasteiger partial charge is 0.459 e. The van der Waals surface area contributed by atoms with Gasteiger partial charge in [0.25, 0.3) is 5.91 Å². The fourth-order valence-electron chi connectivity index (χ4n) is 3.06. The Hall–Kier alpha value is -1.37. The number of amides is 1. The third-order valence-corrected chi connectivity index (χ3v) is 5.39. The number of aliphatic hydroxyl groups excluding tert-OH is 1. The summed E-state index contributed by atoms with van der Waals surface area (Å²) in [5, 5.41) is 14.2. The third-order valence-electron chi connectivity index (χ3n) is 4.42. The molecule has 2 heterocycles. The lowest BCUT2D eigenvalue weighted by molar-refractivity contribution is -0.166. The molecular formula is C18H25NO4S. The van der Waals surface area contributed by atoms with Gasteiger partial charge in [0.15, 0.2) is 5.76 Å². The maximum absolute atomic E-state index is 12.4. The van der Waals surface area contributed by atoms with Gasteiger partial charge in [-0.05, 0) is 50.1 Å². The number of ether oxygens (including phenoxy) is 2. The normalized spacial score (nSPS) is 26.6. The van der Waals surface area contributed by atoms with E-state index in [1.165, 1.54) is 4.88 Å². The van der Waals surface area contributed by atoms with Crippen molar-refractivity contribution in [1.29, 1.82) is 0 Å². The fraction of sp³-hybridized carbons (Fsp3) is 0.611. The SMILES string of the molecule is CCO[C@H]1OC(C(=O)NC2CC2)=C[C@@H](c2cccs2)[C@@H]1CCCO. The molecule has 1 aliphatic heterocycles. The molecule has 0 aromatic carbocycles. The fourth-order valence-corrected chi connectivity index (χ4v) is 3.93. The van der Waals surface area contributed by atoms with E-state index < -0.39 is 6.29 Å². The van der Waals surface area contributed by atoms with E-state index in [0.29, 0.717) is 24.8 Å². The summed E-state index contributed by atoms with van der Waals surface area (Å²) in [6, 6.07) is 4.40. The number of nitrogens with one attached hydrogen (secondary N) is 1. The second kappa shape index (κ2) is 8.14. The Morgan fingerprint density at radius 1 is 1.50 bits per heavy atom. The zero-order valence-electron chi connectivity index (χ0n) is 13.9. The van der Waals surface area contributed by atoms with E-state index >= 15 is 0 Å². The minimum atomic E-state index is -0.460. The van der Waals surface area contributed by atoms with Crippen LogP contribution in [0.5, 0.6) is 0 Å². The van der Waals surface area contributed by atoms with Crippen molar-refractivity contribution in [1.82, 2.24) is 5.32 Å². The molecule has 0 radical (unpaired) electrons. The molecule has 24 heavy (non-hydrogen) atoms. The van der Waals surface area contributed by atoms with Crippen LogP contribution in [0.3, 0.4) is 0 Å². The zero-order valence-corrected chi connectivity index (χ0v) is 14.8. The molecule has 3 rings (SSSR count). The molecule has 1 amide bonds. The quantitative estimate of drug-likeness (QED) is 0.756. The van der Waals surface area contributed by atoms with Crippen LogP contribution in [0.1, 0.15) is 43.4 Å². The Bertz CT molecular complexity index is 568. The van der Waals surface area contributed by atoms with Crippen LogP contribution >= 0.6 is 11.3 Å². The van der Waals surface area contributed by atoms with Gasteiger partial charge in [0, 0.05) is 36.0 Å². The Morgan fingerprint density at radius 2 is 2.33 bits per heavy atom. The molecule has 1 aromatic heterocycles. The molecule has 0 spiro atoms. The summed E-state index contributed by atoms with van der Waals surface area (Å²) in [5.74, 6) is 0.374. The van der Waals surface area contributed by atoms with Crippen LogP contribution in [0.2, 0.25) is 0 Å². The number of allylic oxidation sites excluding steroid dienone is 1. The highest BCUT2D eigenvalue weighted by molar-refractivity contribution is 7.10. The van der Waals surface area contributed by atoms with Gasteiger partial charge < -0.3 is 19.9 Å². The minimum Gasteiger partial charge on any atom is -0.459 e. The first-order valence-electron chi connectivity index (χ1n) is 8.68. The third kappa shape index (κ3) is 4.18. The molecule has 2 N–H and O–H groups in total. The van der Waals surface area contributed by atoms with Crippen molar-refractivity contribution in [2.45, 2.75) is 50.9 Å². The summed E-state index contributed by atoms with van der Waals surface area (Å²) in [6.07, 6.45) is 5.04. The monoisotopic (exact) mass is 351 g/mol. The maximum atomic E-state index is 12.4. The van der Waals surface area contributed by atoms with Gasteiger partial charge in [-0.15, -0.1) is 11.3 Å². The number of carbonyl (C=O) groups excluding carboxylic acids is 1. The van der Waals surface area contributed by atoms with Crippen LogP contribution in [0, 0.1) is 5.92 Å². The Morgan fingerprint density at radius 3 is 2.96 bits per heavy atom. The van der Waals surface area contributed by atoms with Crippen LogP contribution in [0.25, 0.3) is 0 Å². The first-order chi connectivity index (χ1) is 11.7. The number of hydrogen-bond acceptors (Lipinski definition) is 5. The van der Waals surface area contributed by atoms with Crippen molar-refractivity contribution in [2.75, 3.05) is 13.2 Å². The van der Waals surface area contributed by atoms with Crippen molar-refractivity contribution in [2.24, 2.45) is 5.92 Å². The average molecular weight is 351 g/mol. The van der Waals surface area contributed by atoms with E-state index in [9.17, 15) is 9.90 Å². The number of hydrogen-bond donors (Lipinski definition) is 2. The molecule has 3 atom stereocenters. The molecule has 5 nitrogen and oxygen atoms in total. The van der Waals surface area contributed by atoms with E-state index in [0.717, 1.165) is 19.3 Å². The van der Waals surface area contributed by atoms with E-state index in [1.807, 2.05) is 24.4 Å². The van der Waals surface area contributed by atoms with Crippen LogP contribution < -0.4 is 5.32 Å². The lowest BCUT2D eigenvalue weighted by atomic mass is 9.84. The molecule has 1 aliphatic carbocycles. The predicted octanol–water partition coefficient (Wildman–Crippen LogP) is 2.78. The second-order valence-corrected chi connectivity index (χ2v) is 7.27. The van der Waals surface area contributed by atoms with Crippen molar-refractivity contribution in [3.05, 3.63) is 34.2 Å². The standard InChI is InChI=1S/C18H25NO4S/c1-2-22-18-13(5-3-9-20)14(16-6-4-10-24-16)11-15(23-18)17(21)19-12-7-8-12/h4,6,10-14,18,20H,2-3,5,7-9H2,1H3,(H,19,21)/t13-,14+,18-/m0/s1. The smallest absolute Gasteiger partial charge is 0.286 e. The molecule has 6 heteroatoms. The van der Waals surface area contributed by atoms with Gasteiger partial charge in [0.2, 0.25) is 6.29 Å². The number of aliphatic hydroxyl groups is 1. The van der Waals surface area contributed by atoms with Gasteiger partial charge in [-0.25, -0.2) is 0 Å². The molecule has 1 aromatic rings. The molecule has 0 saturated heterocycles. The second-order valence-electron chi connectivity index (χ2n) is 6.29. The van der Waals surface area contributed by atoms with Crippen molar-refractivity contribution < 1.29 is 19.4 Å². The summed E-state index contributed by atoms with van der Waals surface area (Å²) in [7, 11) is 0. The lowest BCUT2D eigenvalue weighted by Gasteiger charge is -2.36. The van der Waals surface area contributed by atoms with Gasteiger partial charge in [0.05, 0.1) is 0 Å². The molecule has 0 bridgehead atoms. The Kier molecular flexibility index (Phi) is 5.92. The van der Waals surface area contributed by atoms with Gasteiger partial charge in [0.1, 0.15) is 0 Å². The lowest BCUT2D eigenvalue weighted by Crippen LogP contribution is -2.39. The Balaban J connectivity index is 1.85. The topological polar surface area (TPSA) is 67.8 Å². The maximum Gasteiger partial charge on any atom is 0.286 e. The van der Waals surface area contributed by atoms with E-state index in [4.69, 9.17) is 9.47 Å². The van der Waals surface area contributed by atoms with Gasteiger partial charge in [-0.2, -0.15) is 0 Å². The van der Waals surface area contributed by atoms with Crippen LogP contribution in [-0.4, -0.2) is 36.6 Å². The predicted molar refractivity (Wildman–Crippen MR) is 92.6 cm³/mol. The van der Waals surface area contributed by atoms with Crippen molar-refractivity contribution in [3.8, 4) is 0 Å². The minimum absolute atomic E-state index is 0.0711. The van der Waals surface area contributed by atoms with Gasteiger partial charge in [-0.1, -0.05) is 6.07 Å². The molecule has 132 valence electrons. The molecule has 1 saturated carbocycles. The van der Waals surface area contributed by atoms with E-state index in [-0.39, 0.29) is 24.3 Å². The average Bonchev–Trinajstić information content (AvgIpc) is 3.23. The number of carbonyl (C=O) groups is 1. The highest BCUT2D eigenvalue weighted by atomic mass is 32.1. The van der Waals surface area contributed by atoms with Crippen LogP contribution in [0.15, 0.2) is 29.3 Å². The highest BCUT2D eigenvalue weighted by Gasteiger charge is 2.39. The summed E-state index contributed by atoms with van der Waals surface area (Å²) in [4.78, 5) is 13.6. The van der Waals surface area contributed by atoms with Crippen LogP contribution in [-0.2, 0) is 14.3 Å². The molecular weight excluding hydrogens is 326 g/mol. The summed E-state index contributed by atoms with van der Waals surface area (Å²) < 4.78 is 11.7. The van der Waals surface area contributed by atoms with Gasteiger partial charge in [-0.3, -0.25) is 4.79 Å². The first-order valence-corrected chi connectivity index (χ1v) is 9.56. The molecule has 1 fully saturated rings. The van der Waals surface area contributed by atoms with Gasteiger partial charge >= 0.3 is 0 Å². The number of thiophene rings is 1. The summed E-state index contributed by atoms with van der Waals surface area (Å²) >= 11 is 1.68. The van der Waals surface area contributed by atoms with Crippen molar-refractivity contribution >= 4 is 17.2 Å².